The standard InChI is InChI=1S/C10H19N5/c1-8(2)15-5-3-9(4-6-15)7-10-11-13-14-12-10/h8-9H,3-7H2,1-2H3,(H,11,12,13,14). The summed E-state index contributed by atoms with van der Waals surface area (Å²) in [5.74, 6) is 1.59. The summed E-state index contributed by atoms with van der Waals surface area (Å²) in [5.41, 5.74) is 0. The van der Waals surface area contributed by atoms with Crippen molar-refractivity contribution in [3.63, 3.8) is 0 Å². The average molecular weight is 209 g/mol. The van der Waals surface area contributed by atoms with Gasteiger partial charge in [0.25, 0.3) is 0 Å². The number of likely N-dealkylation sites (tertiary alicyclic amines) is 1. The van der Waals surface area contributed by atoms with Gasteiger partial charge in [0.05, 0.1) is 0 Å². The van der Waals surface area contributed by atoms with E-state index >= 15 is 0 Å². The molecular weight excluding hydrogens is 190 g/mol. The second-order valence-corrected chi connectivity index (χ2v) is 4.61. The summed E-state index contributed by atoms with van der Waals surface area (Å²) in [7, 11) is 0. The number of nitrogens with zero attached hydrogens (tertiary/aromatic N) is 4. The van der Waals surface area contributed by atoms with Crippen LogP contribution < -0.4 is 0 Å². The molecule has 5 heteroatoms. The molecule has 0 saturated carbocycles. The molecule has 5 nitrogen and oxygen atoms in total. The number of H-pyrrole nitrogens is 1. The fraction of sp³-hybridized carbons (Fsp3) is 0.900. The van der Waals surface area contributed by atoms with Crippen molar-refractivity contribution in [1.29, 1.82) is 0 Å². The first-order valence-electron chi connectivity index (χ1n) is 5.72. The number of piperidine rings is 1. The summed E-state index contributed by atoms with van der Waals surface area (Å²) in [4.78, 5) is 2.53. The molecule has 1 aliphatic rings. The van der Waals surface area contributed by atoms with E-state index in [1.807, 2.05) is 0 Å². The van der Waals surface area contributed by atoms with Crippen molar-refractivity contribution in [1.82, 2.24) is 25.5 Å². The lowest BCUT2D eigenvalue weighted by atomic mass is 9.93. The molecule has 1 N–H and O–H groups in total. The van der Waals surface area contributed by atoms with E-state index in [4.69, 9.17) is 0 Å². The molecule has 0 bridgehead atoms. The fourth-order valence-corrected chi connectivity index (χ4v) is 2.20. The van der Waals surface area contributed by atoms with Crippen molar-refractivity contribution in [2.45, 2.75) is 39.2 Å². The van der Waals surface area contributed by atoms with Gasteiger partial charge >= 0.3 is 0 Å². The Morgan fingerprint density at radius 3 is 2.67 bits per heavy atom. The predicted octanol–water partition coefficient (Wildman–Crippen LogP) is 0.863. The van der Waals surface area contributed by atoms with Crippen LogP contribution in [-0.2, 0) is 6.42 Å². The molecule has 0 atom stereocenters. The molecule has 1 aromatic rings. The van der Waals surface area contributed by atoms with Crippen LogP contribution in [0.1, 0.15) is 32.5 Å². The van der Waals surface area contributed by atoms with Gasteiger partial charge in [-0.3, -0.25) is 0 Å². The Bertz CT molecular complexity index is 274. The first-order chi connectivity index (χ1) is 7.25. The van der Waals surface area contributed by atoms with Gasteiger partial charge in [-0.2, -0.15) is 5.21 Å². The maximum absolute atomic E-state index is 4.00. The summed E-state index contributed by atoms with van der Waals surface area (Å²) < 4.78 is 0. The van der Waals surface area contributed by atoms with E-state index in [0.29, 0.717) is 6.04 Å². The Balaban J connectivity index is 1.79. The molecular formula is C10H19N5. The SMILES string of the molecule is CC(C)N1CCC(Cc2nn[nH]n2)CC1. The Labute approximate surface area is 90.2 Å². The maximum Gasteiger partial charge on any atom is 0.174 e. The lowest BCUT2D eigenvalue weighted by Gasteiger charge is -2.34. The van der Waals surface area contributed by atoms with Crippen LogP contribution >= 0.6 is 0 Å². The summed E-state index contributed by atoms with van der Waals surface area (Å²) in [6.45, 7) is 6.94. The lowest BCUT2D eigenvalue weighted by molar-refractivity contribution is 0.148. The van der Waals surface area contributed by atoms with Crippen molar-refractivity contribution in [2.75, 3.05) is 13.1 Å². The monoisotopic (exact) mass is 209 g/mol. The van der Waals surface area contributed by atoms with Gasteiger partial charge in [0.1, 0.15) is 0 Å². The third kappa shape index (κ3) is 2.75. The Morgan fingerprint density at radius 2 is 2.13 bits per heavy atom. The highest BCUT2D eigenvalue weighted by Crippen LogP contribution is 2.21. The fourth-order valence-electron chi connectivity index (χ4n) is 2.20. The molecule has 0 spiro atoms. The molecule has 15 heavy (non-hydrogen) atoms. The molecule has 1 saturated heterocycles. The molecule has 0 aliphatic carbocycles. The van der Waals surface area contributed by atoms with Gasteiger partial charge in [-0.25, -0.2) is 0 Å². The van der Waals surface area contributed by atoms with Crippen LogP contribution in [0.2, 0.25) is 0 Å². The molecule has 2 rings (SSSR count). The zero-order valence-corrected chi connectivity index (χ0v) is 9.48. The van der Waals surface area contributed by atoms with Gasteiger partial charge in [0.15, 0.2) is 5.82 Å². The lowest BCUT2D eigenvalue weighted by Crippen LogP contribution is -2.38. The normalized spacial score (nSPS) is 19.9. The van der Waals surface area contributed by atoms with Crippen molar-refractivity contribution in [3.8, 4) is 0 Å². The summed E-state index contributed by atoms with van der Waals surface area (Å²) in [6, 6.07) is 0.677. The third-order valence-electron chi connectivity index (χ3n) is 3.24. The molecule has 0 radical (unpaired) electrons. The number of nitrogens with one attached hydrogen (secondary N) is 1. The van der Waals surface area contributed by atoms with Crippen molar-refractivity contribution < 1.29 is 0 Å². The van der Waals surface area contributed by atoms with E-state index in [1.54, 1.807) is 0 Å². The second-order valence-electron chi connectivity index (χ2n) is 4.61. The highest BCUT2D eigenvalue weighted by atomic mass is 15.5. The van der Waals surface area contributed by atoms with Gasteiger partial charge in [0.2, 0.25) is 0 Å². The number of aromatic amines is 1. The highest BCUT2D eigenvalue weighted by molar-refractivity contribution is 4.84. The van der Waals surface area contributed by atoms with E-state index < -0.39 is 0 Å². The van der Waals surface area contributed by atoms with Gasteiger partial charge in [-0.05, 0) is 45.7 Å². The molecule has 84 valence electrons. The summed E-state index contributed by atoms with van der Waals surface area (Å²) in [5, 5.41) is 14.1. The minimum absolute atomic E-state index is 0.677. The minimum Gasteiger partial charge on any atom is -0.301 e. The van der Waals surface area contributed by atoms with Crippen molar-refractivity contribution in [2.24, 2.45) is 5.92 Å². The van der Waals surface area contributed by atoms with Crippen LogP contribution in [0.3, 0.4) is 0 Å². The van der Waals surface area contributed by atoms with Crippen LogP contribution in [-0.4, -0.2) is 44.7 Å². The molecule has 1 aliphatic heterocycles. The van der Waals surface area contributed by atoms with Crippen molar-refractivity contribution >= 4 is 0 Å². The Morgan fingerprint density at radius 1 is 1.40 bits per heavy atom. The van der Waals surface area contributed by atoms with Crippen LogP contribution in [0, 0.1) is 5.92 Å². The topological polar surface area (TPSA) is 57.7 Å². The van der Waals surface area contributed by atoms with Gasteiger partial charge < -0.3 is 4.90 Å². The maximum atomic E-state index is 4.00. The first-order valence-corrected chi connectivity index (χ1v) is 5.72. The minimum atomic E-state index is 0.677. The van der Waals surface area contributed by atoms with Gasteiger partial charge in [-0.1, -0.05) is 5.21 Å². The number of rotatable bonds is 3. The van der Waals surface area contributed by atoms with Crippen LogP contribution in [0.15, 0.2) is 0 Å². The van der Waals surface area contributed by atoms with E-state index in [9.17, 15) is 0 Å². The largest absolute Gasteiger partial charge is 0.301 e. The number of tetrazole rings is 1. The smallest absolute Gasteiger partial charge is 0.174 e. The van der Waals surface area contributed by atoms with E-state index in [0.717, 1.165) is 18.2 Å². The Hall–Kier alpha value is -0.970. The zero-order chi connectivity index (χ0) is 10.7. The number of aromatic nitrogens is 4. The number of hydrogen-bond donors (Lipinski definition) is 1. The predicted molar refractivity (Wildman–Crippen MR) is 57.3 cm³/mol. The molecule has 0 amide bonds. The van der Waals surface area contributed by atoms with Gasteiger partial charge in [-0.15, -0.1) is 10.2 Å². The Kier molecular flexibility index (Phi) is 3.30. The highest BCUT2D eigenvalue weighted by Gasteiger charge is 2.21. The van der Waals surface area contributed by atoms with Gasteiger partial charge in [0, 0.05) is 12.5 Å². The van der Waals surface area contributed by atoms with Crippen LogP contribution in [0.25, 0.3) is 0 Å². The van der Waals surface area contributed by atoms with Crippen LogP contribution in [0.4, 0.5) is 0 Å². The van der Waals surface area contributed by atoms with E-state index in [1.165, 1.54) is 25.9 Å². The molecule has 1 fully saturated rings. The average Bonchev–Trinajstić information content (AvgIpc) is 2.71. The van der Waals surface area contributed by atoms with Crippen LogP contribution in [0.5, 0.6) is 0 Å². The van der Waals surface area contributed by atoms with E-state index in [-0.39, 0.29) is 0 Å². The first kappa shape index (κ1) is 10.5. The number of hydrogen-bond acceptors (Lipinski definition) is 4. The van der Waals surface area contributed by atoms with Crippen molar-refractivity contribution in [3.05, 3.63) is 5.82 Å². The zero-order valence-electron chi connectivity index (χ0n) is 9.48. The summed E-state index contributed by atoms with van der Waals surface area (Å²) in [6.07, 6.45) is 3.49. The molecule has 1 aromatic heterocycles. The quantitative estimate of drug-likeness (QED) is 0.802. The molecule has 0 aromatic carbocycles. The van der Waals surface area contributed by atoms with E-state index in [2.05, 4.69) is 39.4 Å². The molecule has 2 heterocycles. The second kappa shape index (κ2) is 4.70. The third-order valence-corrected chi connectivity index (χ3v) is 3.24. The molecule has 0 unspecified atom stereocenters. The summed E-state index contributed by atoms with van der Waals surface area (Å²) >= 11 is 0.